The van der Waals surface area contributed by atoms with Gasteiger partial charge in [0.05, 0.1) is 6.61 Å². The first-order valence-corrected chi connectivity index (χ1v) is 4.65. The maximum atomic E-state index is 9.19. The lowest BCUT2D eigenvalue weighted by molar-refractivity contribution is 0.312. The number of nitrogens with two attached hydrogens (primary N) is 1. The molecule has 0 fully saturated rings. The molecule has 0 aromatic carbocycles. The second kappa shape index (κ2) is 3.83. The summed E-state index contributed by atoms with van der Waals surface area (Å²) in [7, 11) is 0. The summed E-state index contributed by atoms with van der Waals surface area (Å²) in [6, 6.07) is 0. The zero-order chi connectivity index (χ0) is 10.0. The molecule has 0 aliphatic carbocycles. The van der Waals surface area contributed by atoms with Gasteiger partial charge in [0.2, 0.25) is 0 Å². The Bertz CT molecular complexity index is 266. The molecule has 0 aromatic rings. The average Bonchev–Trinajstić information content (AvgIpc) is 2.10. The number of rotatable bonds is 2. The van der Waals surface area contributed by atoms with E-state index in [-0.39, 0.29) is 12.5 Å². The van der Waals surface area contributed by atoms with E-state index in [1.54, 1.807) is 0 Å². The van der Waals surface area contributed by atoms with Crippen molar-refractivity contribution in [3.8, 4) is 0 Å². The number of dihydropyridines is 1. The van der Waals surface area contributed by atoms with Crippen molar-refractivity contribution in [1.29, 1.82) is 0 Å². The van der Waals surface area contributed by atoms with Crippen LogP contribution in [0.15, 0.2) is 22.7 Å². The minimum absolute atomic E-state index is 0.0886. The van der Waals surface area contributed by atoms with E-state index in [2.05, 4.69) is 12.2 Å². The summed E-state index contributed by atoms with van der Waals surface area (Å²) in [5, 5.41) is 12.4. The van der Waals surface area contributed by atoms with Gasteiger partial charge in [-0.3, -0.25) is 0 Å². The van der Waals surface area contributed by atoms with Crippen molar-refractivity contribution < 1.29 is 5.11 Å². The van der Waals surface area contributed by atoms with Crippen molar-refractivity contribution in [2.75, 3.05) is 6.61 Å². The summed E-state index contributed by atoms with van der Waals surface area (Å²) in [6.45, 7) is 6.12. The Morgan fingerprint density at radius 1 is 1.38 bits per heavy atom. The highest BCUT2D eigenvalue weighted by atomic mass is 16.3. The highest BCUT2D eigenvalue weighted by Crippen LogP contribution is 2.28. The highest BCUT2D eigenvalue weighted by molar-refractivity contribution is 5.32. The zero-order valence-corrected chi connectivity index (χ0v) is 8.52. The van der Waals surface area contributed by atoms with Gasteiger partial charge in [-0.1, -0.05) is 6.92 Å². The molecule has 3 nitrogen and oxygen atoms in total. The lowest BCUT2D eigenvalue weighted by Gasteiger charge is -2.28. The van der Waals surface area contributed by atoms with Crippen molar-refractivity contribution in [3.63, 3.8) is 0 Å². The maximum Gasteiger partial charge on any atom is 0.0667 e. The first kappa shape index (κ1) is 10.1. The molecule has 1 aliphatic heterocycles. The van der Waals surface area contributed by atoms with Gasteiger partial charge in [0.15, 0.2) is 0 Å². The van der Waals surface area contributed by atoms with Gasteiger partial charge in [0.25, 0.3) is 0 Å². The summed E-state index contributed by atoms with van der Waals surface area (Å²) >= 11 is 0. The van der Waals surface area contributed by atoms with Crippen LogP contribution in [0.25, 0.3) is 0 Å². The quantitative estimate of drug-likeness (QED) is 0.598. The highest BCUT2D eigenvalue weighted by Gasteiger charge is 2.22. The molecule has 4 N–H and O–H groups in total. The second-order valence-electron chi connectivity index (χ2n) is 3.47. The molecule has 0 saturated heterocycles. The first-order chi connectivity index (χ1) is 6.11. The molecule has 74 valence electrons. The van der Waals surface area contributed by atoms with Crippen LogP contribution in [0.2, 0.25) is 0 Å². The molecule has 0 amide bonds. The van der Waals surface area contributed by atoms with E-state index in [4.69, 9.17) is 5.73 Å². The van der Waals surface area contributed by atoms with Gasteiger partial charge in [-0.15, -0.1) is 0 Å². The van der Waals surface area contributed by atoms with Gasteiger partial charge in [0.1, 0.15) is 0 Å². The third-order valence-electron chi connectivity index (χ3n) is 2.66. The summed E-state index contributed by atoms with van der Waals surface area (Å²) in [5.74, 6) is 0.214. The minimum atomic E-state index is 0.0886. The molecule has 0 radical (unpaired) electrons. The summed E-state index contributed by atoms with van der Waals surface area (Å²) < 4.78 is 0. The fourth-order valence-electron chi connectivity index (χ4n) is 1.84. The molecule has 13 heavy (non-hydrogen) atoms. The zero-order valence-electron chi connectivity index (χ0n) is 8.52. The fraction of sp³-hybridized carbons (Fsp3) is 0.600. The number of allylic oxidation sites excluding steroid dienone is 3. The van der Waals surface area contributed by atoms with Crippen molar-refractivity contribution in [3.05, 3.63) is 22.7 Å². The maximum absolute atomic E-state index is 9.19. The van der Waals surface area contributed by atoms with Gasteiger partial charge >= 0.3 is 0 Å². The van der Waals surface area contributed by atoms with E-state index in [9.17, 15) is 5.11 Å². The van der Waals surface area contributed by atoms with Gasteiger partial charge in [-0.25, -0.2) is 0 Å². The van der Waals surface area contributed by atoms with Crippen molar-refractivity contribution >= 4 is 0 Å². The standard InChI is InChI=1S/C10H18N2O/c1-4-8-9(5-13)6(2)12-7(3)10(8)11/h8,12-13H,4-5,11H2,1-3H3. The molecule has 1 rings (SSSR count). The second-order valence-corrected chi connectivity index (χ2v) is 3.47. The minimum Gasteiger partial charge on any atom is -0.400 e. The van der Waals surface area contributed by atoms with Gasteiger partial charge in [-0.05, 0) is 25.8 Å². The molecule has 0 spiro atoms. The Hall–Kier alpha value is -0.960. The fourth-order valence-corrected chi connectivity index (χ4v) is 1.84. The van der Waals surface area contributed by atoms with Gasteiger partial charge < -0.3 is 16.2 Å². The SMILES string of the molecule is CCC1C(N)=C(C)NC(C)=C1CO. The van der Waals surface area contributed by atoms with Crippen LogP contribution >= 0.6 is 0 Å². The Labute approximate surface area is 79.3 Å². The molecule has 0 aromatic heterocycles. The van der Waals surface area contributed by atoms with Crippen LogP contribution in [-0.2, 0) is 0 Å². The molecule has 0 saturated carbocycles. The third-order valence-corrected chi connectivity index (χ3v) is 2.66. The lowest BCUT2D eigenvalue weighted by atomic mass is 9.89. The molecule has 1 atom stereocenters. The van der Waals surface area contributed by atoms with Crippen LogP contribution in [0, 0.1) is 5.92 Å². The Morgan fingerprint density at radius 3 is 2.46 bits per heavy atom. The molecule has 1 aliphatic rings. The Balaban J connectivity index is 3.01. The third kappa shape index (κ3) is 1.70. The average molecular weight is 182 g/mol. The van der Waals surface area contributed by atoms with E-state index in [1.807, 2.05) is 13.8 Å². The van der Waals surface area contributed by atoms with E-state index >= 15 is 0 Å². The number of aliphatic hydroxyl groups is 1. The Morgan fingerprint density at radius 2 is 2.00 bits per heavy atom. The van der Waals surface area contributed by atoms with Crippen molar-refractivity contribution in [2.45, 2.75) is 27.2 Å². The smallest absolute Gasteiger partial charge is 0.0667 e. The van der Waals surface area contributed by atoms with Gasteiger partial charge in [-0.2, -0.15) is 0 Å². The number of hydrogen-bond donors (Lipinski definition) is 3. The normalized spacial score (nSPS) is 23.5. The topological polar surface area (TPSA) is 58.3 Å². The Kier molecular flexibility index (Phi) is 2.98. The van der Waals surface area contributed by atoms with Crippen molar-refractivity contribution in [1.82, 2.24) is 5.32 Å². The van der Waals surface area contributed by atoms with E-state index in [0.717, 1.165) is 29.1 Å². The van der Waals surface area contributed by atoms with Crippen LogP contribution in [0.3, 0.4) is 0 Å². The number of hydrogen-bond acceptors (Lipinski definition) is 3. The molecule has 1 heterocycles. The summed E-state index contributed by atoms with van der Waals surface area (Å²) in [4.78, 5) is 0. The molecule has 3 heteroatoms. The van der Waals surface area contributed by atoms with Crippen LogP contribution in [0.5, 0.6) is 0 Å². The van der Waals surface area contributed by atoms with Crippen LogP contribution in [0.1, 0.15) is 27.2 Å². The van der Waals surface area contributed by atoms with E-state index in [0.29, 0.717) is 0 Å². The van der Waals surface area contributed by atoms with E-state index in [1.165, 1.54) is 0 Å². The predicted octanol–water partition coefficient (Wildman–Crippen LogP) is 1.07. The van der Waals surface area contributed by atoms with Gasteiger partial charge in [0, 0.05) is 23.0 Å². The van der Waals surface area contributed by atoms with Crippen LogP contribution < -0.4 is 11.1 Å². The molecular formula is C10H18N2O. The van der Waals surface area contributed by atoms with Crippen LogP contribution in [-0.4, -0.2) is 11.7 Å². The summed E-state index contributed by atoms with van der Waals surface area (Å²) in [5.41, 5.74) is 9.87. The number of aliphatic hydroxyl groups excluding tert-OH is 1. The van der Waals surface area contributed by atoms with Crippen LogP contribution in [0.4, 0.5) is 0 Å². The largest absolute Gasteiger partial charge is 0.400 e. The monoisotopic (exact) mass is 182 g/mol. The molecular weight excluding hydrogens is 164 g/mol. The van der Waals surface area contributed by atoms with E-state index < -0.39 is 0 Å². The first-order valence-electron chi connectivity index (χ1n) is 4.65. The predicted molar refractivity (Wildman–Crippen MR) is 53.6 cm³/mol. The molecule has 1 unspecified atom stereocenters. The lowest BCUT2D eigenvalue weighted by Crippen LogP contribution is -2.30. The van der Waals surface area contributed by atoms with Crippen molar-refractivity contribution in [2.24, 2.45) is 11.7 Å². The number of nitrogens with one attached hydrogen (secondary N) is 1. The summed E-state index contributed by atoms with van der Waals surface area (Å²) in [6.07, 6.45) is 0.943. The molecule has 0 bridgehead atoms.